The van der Waals surface area contributed by atoms with Crippen LogP contribution in [0.1, 0.15) is 16.9 Å². The molecule has 0 atom stereocenters. The van der Waals surface area contributed by atoms with Crippen molar-refractivity contribution in [2.45, 2.75) is 6.42 Å². The number of carbonyl (C=O) groups excluding carboxylic acids is 1. The van der Waals surface area contributed by atoms with Gasteiger partial charge in [0.2, 0.25) is 5.95 Å². The molecule has 2 heterocycles. The number of rotatable bonds is 7. The largest absolute Gasteiger partial charge is 0.396 e. The summed E-state index contributed by atoms with van der Waals surface area (Å²) in [5.41, 5.74) is 2.46. The van der Waals surface area contributed by atoms with Crippen molar-refractivity contribution in [1.29, 1.82) is 0 Å². The van der Waals surface area contributed by atoms with Crippen molar-refractivity contribution >= 4 is 29.1 Å². The lowest BCUT2D eigenvalue weighted by molar-refractivity contribution is 0.0946. The van der Waals surface area contributed by atoms with E-state index in [1.54, 1.807) is 42.7 Å². The first-order valence-electron chi connectivity index (χ1n) is 8.37. The van der Waals surface area contributed by atoms with E-state index in [0.29, 0.717) is 29.6 Å². The van der Waals surface area contributed by atoms with Crippen molar-refractivity contribution in [3.05, 3.63) is 65.6 Å². The number of nitrogens with zero attached hydrogens (tertiary/aromatic N) is 3. The average Bonchev–Trinajstić information content (AvgIpc) is 2.68. The molecule has 0 aliphatic rings. The molecule has 3 aromatic rings. The van der Waals surface area contributed by atoms with Crippen molar-refractivity contribution in [3.63, 3.8) is 0 Å². The Morgan fingerprint density at radius 2 is 1.96 bits per heavy atom. The van der Waals surface area contributed by atoms with Gasteiger partial charge in [0.05, 0.1) is 5.69 Å². The molecule has 0 aliphatic carbocycles. The van der Waals surface area contributed by atoms with Crippen LogP contribution in [-0.4, -0.2) is 39.1 Å². The molecule has 0 saturated heterocycles. The zero-order chi connectivity index (χ0) is 19.1. The first-order valence-corrected chi connectivity index (χ1v) is 8.74. The van der Waals surface area contributed by atoms with Crippen LogP contribution in [0.25, 0.3) is 11.3 Å². The Morgan fingerprint density at radius 3 is 2.78 bits per heavy atom. The van der Waals surface area contributed by atoms with Crippen molar-refractivity contribution in [2.24, 2.45) is 0 Å². The van der Waals surface area contributed by atoms with Gasteiger partial charge in [-0.05, 0) is 42.8 Å². The molecule has 0 radical (unpaired) electrons. The number of aliphatic hydroxyl groups is 1. The number of benzene rings is 1. The Morgan fingerprint density at radius 1 is 1.11 bits per heavy atom. The maximum Gasteiger partial charge on any atom is 0.269 e. The summed E-state index contributed by atoms with van der Waals surface area (Å²) in [6.07, 6.45) is 3.69. The number of aliphatic hydroxyl groups excluding tert-OH is 1. The van der Waals surface area contributed by atoms with Crippen LogP contribution in [-0.2, 0) is 0 Å². The number of amides is 1. The Labute approximate surface area is 161 Å². The van der Waals surface area contributed by atoms with Crippen molar-refractivity contribution in [1.82, 2.24) is 20.3 Å². The molecule has 1 aromatic carbocycles. The van der Waals surface area contributed by atoms with Crippen LogP contribution in [0.2, 0.25) is 5.02 Å². The summed E-state index contributed by atoms with van der Waals surface area (Å²) in [6.45, 7) is 0.416. The van der Waals surface area contributed by atoms with E-state index in [0.717, 1.165) is 11.3 Å². The molecule has 0 unspecified atom stereocenters. The fraction of sp³-hybridized carbons (Fsp3) is 0.158. The van der Waals surface area contributed by atoms with Crippen LogP contribution in [0.4, 0.5) is 11.6 Å². The minimum Gasteiger partial charge on any atom is -0.396 e. The molecule has 0 bridgehead atoms. The van der Waals surface area contributed by atoms with E-state index < -0.39 is 0 Å². The van der Waals surface area contributed by atoms with Gasteiger partial charge in [-0.25, -0.2) is 9.97 Å². The summed E-state index contributed by atoms with van der Waals surface area (Å²) in [4.78, 5) is 24.9. The number of hydrogen-bond acceptors (Lipinski definition) is 6. The van der Waals surface area contributed by atoms with Gasteiger partial charge in [0.25, 0.3) is 5.91 Å². The quantitative estimate of drug-likeness (QED) is 0.542. The first-order chi connectivity index (χ1) is 13.2. The molecule has 3 N–H and O–H groups in total. The summed E-state index contributed by atoms with van der Waals surface area (Å²) in [6, 6.07) is 12.5. The normalized spacial score (nSPS) is 10.4. The highest BCUT2D eigenvalue weighted by molar-refractivity contribution is 6.30. The summed E-state index contributed by atoms with van der Waals surface area (Å²) < 4.78 is 0. The molecule has 1 amide bonds. The van der Waals surface area contributed by atoms with Gasteiger partial charge in [0.1, 0.15) is 5.69 Å². The van der Waals surface area contributed by atoms with Crippen LogP contribution in [0.15, 0.2) is 54.9 Å². The Balaban J connectivity index is 1.78. The third-order valence-corrected chi connectivity index (χ3v) is 3.88. The molecule has 2 aromatic heterocycles. The van der Waals surface area contributed by atoms with E-state index in [1.165, 1.54) is 0 Å². The number of carbonyl (C=O) groups is 1. The molecule has 138 valence electrons. The lowest BCUT2D eigenvalue weighted by atomic mass is 10.1. The standard InChI is InChI=1S/C19H18ClN5O2/c20-14-3-1-4-15(12-14)24-19-23-9-6-16(25-19)13-5-8-21-17(11-13)18(27)22-7-2-10-26/h1,3-6,8-9,11-12,26H,2,7,10H2,(H,22,27)(H,23,24,25). The third kappa shape index (κ3) is 5.22. The Bertz CT molecular complexity index is 935. The minimum atomic E-state index is -0.295. The number of aromatic nitrogens is 3. The first kappa shape index (κ1) is 18.8. The zero-order valence-electron chi connectivity index (χ0n) is 14.4. The number of hydrogen-bond donors (Lipinski definition) is 3. The van der Waals surface area contributed by atoms with Crippen molar-refractivity contribution < 1.29 is 9.90 Å². The summed E-state index contributed by atoms with van der Waals surface area (Å²) >= 11 is 5.99. The molecular weight excluding hydrogens is 366 g/mol. The Kier molecular flexibility index (Phi) is 6.30. The molecule has 0 aliphatic heterocycles. The van der Waals surface area contributed by atoms with Crippen LogP contribution in [0.5, 0.6) is 0 Å². The molecule has 27 heavy (non-hydrogen) atoms. The van der Waals surface area contributed by atoms with Crippen molar-refractivity contribution in [3.8, 4) is 11.3 Å². The predicted octanol–water partition coefficient (Wildman–Crippen LogP) is 3.05. The maximum atomic E-state index is 12.1. The van der Waals surface area contributed by atoms with E-state index in [1.807, 2.05) is 12.1 Å². The van der Waals surface area contributed by atoms with E-state index >= 15 is 0 Å². The van der Waals surface area contributed by atoms with Crippen LogP contribution < -0.4 is 10.6 Å². The predicted molar refractivity (Wildman–Crippen MR) is 104 cm³/mol. The number of nitrogens with one attached hydrogen (secondary N) is 2. The summed E-state index contributed by atoms with van der Waals surface area (Å²) in [5.74, 6) is 0.122. The number of pyridine rings is 1. The molecule has 3 rings (SSSR count). The SMILES string of the molecule is O=C(NCCCO)c1cc(-c2ccnc(Nc3cccc(Cl)c3)n2)ccn1. The van der Waals surface area contributed by atoms with Gasteiger partial charge >= 0.3 is 0 Å². The number of halogens is 1. The molecule has 0 saturated carbocycles. The van der Waals surface area contributed by atoms with E-state index in [-0.39, 0.29) is 18.2 Å². The molecule has 7 nitrogen and oxygen atoms in total. The molecular formula is C19H18ClN5O2. The zero-order valence-corrected chi connectivity index (χ0v) is 15.1. The lowest BCUT2D eigenvalue weighted by Gasteiger charge is -2.08. The van der Waals surface area contributed by atoms with Crippen LogP contribution in [0, 0.1) is 0 Å². The lowest BCUT2D eigenvalue weighted by Crippen LogP contribution is -2.25. The van der Waals surface area contributed by atoms with Gasteiger partial charge in [-0.1, -0.05) is 17.7 Å². The smallest absolute Gasteiger partial charge is 0.269 e. The van der Waals surface area contributed by atoms with Gasteiger partial charge in [-0.2, -0.15) is 0 Å². The topological polar surface area (TPSA) is 100 Å². The minimum absolute atomic E-state index is 0.0249. The number of anilines is 2. The van der Waals surface area contributed by atoms with E-state index in [4.69, 9.17) is 16.7 Å². The average molecular weight is 384 g/mol. The highest BCUT2D eigenvalue weighted by Crippen LogP contribution is 2.21. The van der Waals surface area contributed by atoms with Gasteiger partial charge in [0, 0.05) is 41.8 Å². The summed E-state index contributed by atoms with van der Waals surface area (Å²) in [7, 11) is 0. The fourth-order valence-electron chi connectivity index (χ4n) is 2.36. The highest BCUT2D eigenvalue weighted by atomic mass is 35.5. The second kappa shape index (κ2) is 9.07. The second-order valence-corrected chi connectivity index (χ2v) is 6.10. The van der Waals surface area contributed by atoms with E-state index in [2.05, 4.69) is 25.6 Å². The molecule has 0 spiro atoms. The van der Waals surface area contributed by atoms with E-state index in [9.17, 15) is 4.79 Å². The maximum absolute atomic E-state index is 12.1. The van der Waals surface area contributed by atoms with Gasteiger partial charge in [0.15, 0.2) is 0 Å². The van der Waals surface area contributed by atoms with Gasteiger partial charge in [-0.15, -0.1) is 0 Å². The summed E-state index contributed by atoms with van der Waals surface area (Å²) in [5, 5.41) is 15.2. The van der Waals surface area contributed by atoms with Gasteiger partial charge in [-0.3, -0.25) is 9.78 Å². The Hall–Kier alpha value is -3.03. The fourth-order valence-corrected chi connectivity index (χ4v) is 2.55. The third-order valence-electron chi connectivity index (χ3n) is 3.65. The second-order valence-electron chi connectivity index (χ2n) is 5.66. The van der Waals surface area contributed by atoms with Gasteiger partial charge < -0.3 is 15.7 Å². The monoisotopic (exact) mass is 383 g/mol. The van der Waals surface area contributed by atoms with Crippen LogP contribution >= 0.6 is 11.6 Å². The molecule has 8 heteroatoms. The van der Waals surface area contributed by atoms with Crippen LogP contribution in [0.3, 0.4) is 0 Å². The van der Waals surface area contributed by atoms with Crippen molar-refractivity contribution in [2.75, 3.05) is 18.5 Å². The molecule has 0 fully saturated rings. The highest BCUT2D eigenvalue weighted by Gasteiger charge is 2.10.